The molecule has 0 spiro atoms. The number of nitrogens with zero attached hydrogens (tertiary/aromatic N) is 3. The number of carboxylic acid groups (broad SMARTS) is 1. The van der Waals surface area contributed by atoms with Gasteiger partial charge in [-0.2, -0.15) is 0 Å². The zero-order valence-electron chi connectivity index (χ0n) is 16.5. The first-order chi connectivity index (χ1) is 15.1. The Bertz CT molecular complexity index is 1550. The van der Waals surface area contributed by atoms with E-state index in [-0.39, 0.29) is 11.4 Å². The summed E-state index contributed by atoms with van der Waals surface area (Å²) in [5, 5.41) is 8.05. The first-order valence-corrected chi connectivity index (χ1v) is 9.06. The van der Waals surface area contributed by atoms with Crippen LogP contribution in [0.15, 0.2) is 46.1 Å². The van der Waals surface area contributed by atoms with Gasteiger partial charge in [0.2, 0.25) is 5.43 Å². The summed E-state index contributed by atoms with van der Waals surface area (Å²) in [6.07, 6.45) is 0.589. The van der Waals surface area contributed by atoms with Crippen LogP contribution in [0.2, 0.25) is 0 Å². The Morgan fingerprint density at radius 1 is 0.938 bits per heavy atom. The van der Waals surface area contributed by atoms with Gasteiger partial charge in [-0.25, -0.2) is 27.0 Å². The molecule has 11 heteroatoms. The maximum Gasteiger partial charge on any atom is 0.341 e. The fourth-order valence-electron chi connectivity index (χ4n) is 3.60. The van der Waals surface area contributed by atoms with E-state index in [2.05, 4.69) is 0 Å². The second kappa shape index (κ2) is 7.22. The Balaban J connectivity index is 2.26. The molecule has 0 saturated carbocycles. The standard InChI is InChI=1S/C21H13F4N3O4/c1-9-17(20(30)28(26(9)2)10-6-4-3-5-7-10)27-8-11(21(31)32)19(29)12-13(22)14(23)15(24)16(25)18(12)27/h3-8H,1-2H3,(H,31,32). The van der Waals surface area contributed by atoms with Gasteiger partial charge in [-0.1, -0.05) is 18.2 Å². The van der Waals surface area contributed by atoms with Crippen LogP contribution >= 0.6 is 0 Å². The number of carboxylic acids is 1. The molecule has 0 atom stereocenters. The number of para-hydroxylation sites is 1. The lowest BCUT2D eigenvalue weighted by Gasteiger charge is -2.13. The quantitative estimate of drug-likeness (QED) is 0.297. The molecule has 0 aliphatic carbocycles. The number of hydrogen-bond donors (Lipinski definition) is 1. The van der Waals surface area contributed by atoms with Crippen molar-refractivity contribution in [3.63, 3.8) is 0 Å². The van der Waals surface area contributed by atoms with Crippen molar-refractivity contribution in [3.8, 4) is 11.4 Å². The normalized spacial score (nSPS) is 11.3. The minimum absolute atomic E-state index is 0.143. The Kier molecular flexibility index (Phi) is 4.76. The molecule has 32 heavy (non-hydrogen) atoms. The monoisotopic (exact) mass is 447 g/mol. The van der Waals surface area contributed by atoms with E-state index in [1.807, 2.05) is 0 Å². The van der Waals surface area contributed by atoms with Crippen LogP contribution in [-0.4, -0.2) is 25.0 Å². The predicted molar refractivity (Wildman–Crippen MR) is 106 cm³/mol. The van der Waals surface area contributed by atoms with Crippen molar-refractivity contribution < 1.29 is 27.5 Å². The number of halogens is 4. The zero-order valence-corrected chi connectivity index (χ0v) is 16.5. The van der Waals surface area contributed by atoms with Crippen LogP contribution in [0.1, 0.15) is 16.1 Å². The fraction of sp³-hybridized carbons (Fsp3) is 0.0952. The predicted octanol–water partition coefficient (Wildman–Crippen LogP) is 3.04. The van der Waals surface area contributed by atoms with Gasteiger partial charge in [0.1, 0.15) is 11.3 Å². The number of aromatic nitrogens is 3. The summed E-state index contributed by atoms with van der Waals surface area (Å²) < 4.78 is 60.3. The minimum atomic E-state index is -2.27. The van der Waals surface area contributed by atoms with Gasteiger partial charge in [0.25, 0.3) is 5.56 Å². The summed E-state index contributed by atoms with van der Waals surface area (Å²) >= 11 is 0. The van der Waals surface area contributed by atoms with Crippen molar-refractivity contribution in [2.24, 2.45) is 7.05 Å². The number of rotatable bonds is 3. The molecule has 0 bridgehead atoms. The maximum absolute atomic E-state index is 14.8. The van der Waals surface area contributed by atoms with Crippen LogP contribution < -0.4 is 11.0 Å². The molecule has 1 N–H and O–H groups in total. The molecule has 164 valence electrons. The smallest absolute Gasteiger partial charge is 0.341 e. The lowest BCUT2D eigenvalue weighted by atomic mass is 10.1. The average Bonchev–Trinajstić information content (AvgIpc) is 2.99. The molecule has 4 aromatic rings. The Labute approximate surface area is 176 Å². The Morgan fingerprint density at radius 2 is 1.53 bits per heavy atom. The van der Waals surface area contributed by atoms with Crippen LogP contribution in [-0.2, 0) is 7.05 Å². The molecule has 0 amide bonds. The number of pyridine rings is 1. The lowest BCUT2D eigenvalue weighted by Crippen LogP contribution is -2.25. The second-order valence-electron chi connectivity index (χ2n) is 6.94. The molecule has 0 radical (unpaired) electrons. The molecule has 0 unspecified atom stereocenters. The summed E-state index contributed by atoms with van der Waals surface area (Å²) in [5.41, 5.74) is -4.36. The van der Waals surface area contributed by atoms with E-state index in [0.29, 0.717) is 16.5 Å². The number of fused-ring (bicyclic) bond motifs is 1. The topological polar surface area (TPSA) is 86.2 Å². The van der Waals surface area contributed by atoms with Gasteiger partial charge in [0.15, 0.2) is 23.3 Å². The summed E-state index contributed by atoms with van der Waals surface area (Å²) in [6, 6.07) is 8.18. The third kappa shape index (κ3) is 2.77. The first-order valence-electron chi connectivity index (χ1n) is 9.06. The van der Waals surface area contributed by atoms with Gasteiger partial charge in [0.05, 0.1) is 22.3 Å². The average molecular weight is 447 g/mol. The van der Waals surface area contributed by atoms with Crippen LogP contribution in [0, 0.1) is 30.2 Å². The summed E-state index contributed by atoms with van der Waals surface area (Å²) in [7, 11) is 1.48. The lowest BCUT2D eigenvalue weighted by molar-refractivity contribution is 0.0695. The third-order valence-corrected chi connectivity index (χ3v) is 5.21. The fourth-order valence-corrected chi connectivity index (χ4v) is 3.60. The second-order valence-corrected chi connectivity index (χ2v) is 6.94. The molecule has 7 nitrogen and oxygen atoms in total. The van der Waals surface area contributed by atoms with Gasteiger partial charge in [0, 0.05) is 13.2 Å². The summed E-state index contributed by atoms with van der Waals surface area (Å²) in [5.74, 6) is -10.3. The Morgan fingerprint density at radius 3 is 2.12 bits per heavy atom. The zero-order chi connectivity index (χ0) is 23.5. The highest BCUT2D eigenvalue weighted by atomic mass is 19.2. The van der Waals surface area contributed by atoms with E-state index in [1.165, 1.54) is 18.7 Å². The van der Waals surface area contributed by atoms with E-state index < -0.39 is 56.7 Å². The van der Waals surface area contributed by atoms with Crippen molar-refractivity contribution in [3.05, 3.63) is 91.6 Å². The van der Waals surface area contributed by atoms with Crippen molar-refractivity contribution >= 4 is 16.9 Å². The number of hydrogen-bond acceptors (Lipinski definition) is 3. The maximum atomic E-state index is 14.8. The van der Waals surface area contributed by atoms with Crippen molar-refractivity contribution in [1.29, 1.82) is 0 Å². The molecule has 0 fully saturated rings. The summed E-state index contributed by atoms with van der Waals surface area (Å²) in [6.45, 7) is 1.43. The molecule has 4 rings (SSSR count). The van der Waals surface area contributed by atoms with E-state index in [4.69, 9.17) is 0 Å². The van der Waals surface area contributed by atoms with Crippen LogP contribution in [0.3, 0.4) is 0 Å². The number of carbonyl (C=O) groups is 1. The van der Waals surface area contributed by atoms with E-state index in [9.17, 15) is 37.1 Å². The van der Waals surface area contributed by atoms with E-state index in [1.54, 1.807) is 30.3 Å². The minimum Gasteiger partial charge on any atom is -0.477 e. The van der Waals surface area contributed by atoms with Crippen LogP contribution in [0.4, 0.5) is 17.6 Å². The SMILES string of the molecule is Cc1c(-n2cc(C(=O)O)c(=O)c3c(F)c(F)c(F)c(F)c32)c(=O)n(-c2ccccc2)n1C. The molecule has 0 saturated heterocycles. The van der Waals surface area contributed by atoms with Gasteiger partial charge in [-0.3, -0.25) is 14.3 Å². The van der Waals surface area contributed by atoms with E-state index >= 15 is 0 Å². The molecular formula is C21H13F4N3O4. The van der Waals surface area contributed by atoms with Gasteiger partial charge >= 0.3 is 5.97 Å². The van der Waals surface area contributed by atoms with Crippen LogP contribution in [0.25, 0.3) is 22.3 Å². The van der Waals surface area contributed by atoms with Gasteiger partial charge < -0.3 is 9.67 Å². The largest absolute Gasteiger partial charge is 0.477 e. The molecule has 0 aliphatic rings. The number of benzene rings is 2. The van der Waals surface area contributed by atoms with Crippen molar-refractivity contribution in [2.75, 3.05) is 0 Å². The highest BCUT2D eigenvalue weighted by Gasteiger charge is 2.30. The van der Waals surface area contributed by atoms with Crippen LogP contribution in [0.5, 0.6) is 0 Å². The molecule has 2 heterocycles. The first kappa shape index (κ1) is 21.1. The van der Waals surface area contributed by atoms with E-state index in [0.717, 1.165) is 4.68 Å². The highest BCUT2D eigenvalue weighted by Crippen LogP contribution is 2.28. The molecule has 0 aliphatic heterocycles. The van der Waals surface area contributed by atoms with Gasteiger partial charge in [-0.15, -0.1) is 0 Å². The van der Waals surface area contributed by atoms with Crippen molar-refractivity contribution in [2.45, 2.75) is 6.92 Å². The molecule has 2 aromatic carbocycles. The van der Waals surface area contributed by atoms with Crippen molar-refractivity contribution in [1.82, 2.24) is 13.9 Å². The summed E-state index contributed by atoms with van der Waals surface area (Å²) in [4.78, 5) is 37.3. The molecule has 2 aromatic heterocycles. The third-order valence-electron chi connectivity index (χ3n) is 5.21. The van der Waals surface area contributed by atoms with Gasteiger partial charge in [-0.05, 0) is 19.1 Å². The number of aromatic carboxylic acids is 1. The Hall–Kier alpha value is -4.15. The highest BCUT2D eigenvalue weighted by molar-refractivity contribution is 5.93. The molecular weight excluding hydrogens is 434 g/mol.